The van der Waals surface area contributed by atoms with Crippen LogP contribution in [0.3, 0.4) is 0 Å². The summed E-state index contributed by atoms with van der Waals surface area (Å²) in [5, 5.41) is 12.9. The highest BCUT2D eigenvalue weighted by molar-refractivity contribution is 6.34. The summed E-state index contributed by atoms with van der Waals surface area (Å²) in [6.07, 6.45) is 3.28. The van der Waals surface area contributed by atoms with Crippen LogP contribution in [0.4, 0.5) is 11.4 Å². The molecule has 4 N–H and O–H groups in total. The van der Waals surface area contributed by atoms with E-state index in [1.54, 1.807) is 6.07 Å². The average molecular weight is 283 g/mol. The van der Waals surface area contributed by atoms with E-state index >= 15 is 0 Å². The molecule has 5 heteroatoms. The largest absolute Gasteiger partial charge is 0.478 e. The summed E-state index contributed by atoms with van der Waals surface area (Å²) in [4.78, 5) is 11.3. The molecule has 1 aromatic carbocycles. The molecule has 1 unspecified atom stereocenters. The summed E-state index contributed by atoms with van der Waals surface area (Å²) in [6, 6.07) is 3.25. The second kappa shape index (κ2) is 4.93. The molecule has 0 amide bonds. The Labute approximate surface area is 117 Å². The molecule has 0 spiro atoms. The third-order valence-corrected chi connectivity index (χ3v) is 4.22. The van der Waals surface area contributed by atoms with Gasteiger partial charge in [0.25, 0.3) is 0 Å². The van der Waals surface area contributed by atoms with Gasteiger partial charge in [-0.15, -0.1) is 0 Å². The number of hydrogen-bond acceptors (Lipinski definition) is 3. The second-order valence-electron chi connectivity index (χ2n) is 5.81. The molecule has 1 aliphatic carbocycles. The smallest absolute Gasteiger partial charge is 0.337 e. The number of carboxylic acids is 1. The van der Waals surface area contributed by atoms with E-state index in [1.807, 2.05) is 0 Å². The van der Waals surface area contributed by atoms with Crippen LogP contribution in [0, 0.1) is 5.41 Å². The lowest BCUT2D eigenvalue weighted by Crippen LogP contribution is -2.31. The first kappa shape index (κ1) is 14.0. The van der Waals surface area contributed by atoms with Gasteiger partial charge in [0.05, 0.1) is 16.3 Å². The topological polar surface area (TPSA) is 75.3 Å². The third-order valence-electron chi connectivity index (χ3n) is 3.92. The lowest BCUT2D eigenvalue weighted by Gasteiger charge is -2.29. The van der Waals surface area contributed by atoms with Crippen molar-refractivity contribution in [3.8, 4) is 0 Å². The number of nitrogen functional groups attached to an aromatic ring is 1. The standard InChI is InChI=1S/C14H19ClN2O2/c1-14(2)5-3-4-11(14)17-12-9(13(18)19)6-8(16)7-10(12)15/h6-7,11,17H,3-5,16H2,1-2H3,(H,18,19). The summed E-state index contributed by atoms with van der Waals surface area (Å²) < 4.78 is 0. The van der Waals surface area contributed by atoms with Crippen LogP contribution in [0.15, 0.2) is 12.1 Å². The summed E-state index contributed by atoms with van der Waals surface area (Å²) >= 11 is 6.14. The van der Waals surface area contributed by atoms with E-state index in [2.05, 4.69) is 19.2 Å². The molecule has 0 saturated heterocycles. The Balaban J connectivity index is 2.37. The zero-order valence-corrected chi connectivity index (χ0v) is 11.9. The van der Waals surface area contributed by atoms with Crippen molar-refractivity contribution < 1.29 is 9.90 Å². The Kier molecular flexibility index (Phi) is 3.63. The SMILES string of the molecule is CC1(C)CCCC1Nc1c(Cl)cc(N)cc1C(=O)O. The monoisotopic (exact) mass is 282 g/mol. The van der Waals surface area contributed by atoms with Crippen molar-refractivity contribution in [2.75, 3.05) is 11.1 Å². The maximum absolute atomic E-state index is 11.3. The molecule has 4 nitrogen and oxygen atoms in total. The molecule has 1 aromatic rings. The predicted octanol–water partition coefficient (Wildman–Crippen LogP) is 3.61. The minimum absolute atomic E-state index is 0.132. The first-order valence-electron chi connectivity index (χ1n) is 6.40. The van der Waals surface area contributed by atoms with Crippen LogP contribution in [0.1, 0.15) is 43.5 Å². The van der Waals surface area contributed by atoms with E-state index < -0.39 is 5.97 Å². The average Bonchev–Trinajstić information content (AvgIpc) is 2.61. The molecule has 0 aliphatic heterocycles. The maximum atomic E-state index is 11.3. The van der Waals surface area contributed by atoms with E-state index in [1.165, 1.54) is 6.07 Å². The van der Waals surface area contributed by atoms with Crippen molar-refractivity contribution in [1.29, 1.82) is 0 Å². The van der Waals surface area contributed by atoms with Crippen LogP contribution in [0.5, 0.6) is 0 Å². The summed E-state index contributed by atoms with van der Waals surface area (Å²) in [7, 11) is 0. The number of aromatic carboxylic acids is 1. The van der Waals surface area contributed by atoms with Crippen molar-refractivity contribution in [3.63, 3.8) is 0 Å². The number of benzene rings is 1. The number of carboxylic acid groups (broad SMARTS) is 1. The van der Waals surface area contributed by atoms with Gasteiger partial charge >= 0.3 is 5.97 Å². The molecule has 0 aromatic heterocycles. The van der Waals surface area contributed by atoms with Crippen molar-refractivity contribution >= 4 is 28.9 Å². The highest BCUT2D eigenvalue weighted by atomic mass is 35.5. The number of nitrogens with two attached hydrogens (primary N) is 1. The highest BCUT2D eigenvalue weighted by Gasteiger charge is 2.35. The molecule has 1 fully saturated rings. The zero-order valence-electron chi connectivity index (χ0n) is 11.2. The fourth-order valence-corrected chi connectivity index (χ4v) is 2.99. The molecular weight excluding hydrogens is 264 g/mol. The molecule has 2 rings (SSSR count). The minimum Gasteiger partial charge on any atom is -0.478 e. The number of hydrogen-bond donors (Lipinski definition) is 3. The molecule has 0 radical (unpaired) electrons. The normalized spacial score (nSPS) is 21.3. The number of anilines is 2. The Morgan fingerprint density at radius 1 is 1.53 bits per heavy atom. The molecule has 1 aliphatic rings. The lowest BCUT2D eigenvalue weighted by atomic mass is 9.87. The van der Waals surface area contributed by atoms with Gasteiger partial charge in [0.15, 0.2) is 0 Å². The predicted molar refractivity (Wildman–Crippen MR) is 77.9 cm³/mol. The van der Waals surface area contributed by atoms with Gasteiger partial charge in [-0.1, -0.05) is 31.9 Å². The fraction of sp³-hybridized carbons (Fsp3) is 0.500. The van der Waals surface area contributed by atoms with Gasteiger partial charge in [-0.25, -0.2) is 4.79 Å². The number of rotatable bonds is 3. The summed E-state index contributed by atoms with van der Waals surface area (Å²) in [5.41, 5.74) is 6.76. The summed E-state index contributed by atoms with van der Waals surface area (Å²) in [6.45, 7) is 4.37. The highest BCUT2D eigenvalue weighted by Crippen LogP contribution is 2.41. The van der Waals surface area contributed by atoms with Gasteiger partial charge in [0.1, 0.15) is 0 Å². The third kappa shape index (κ3) is 2.78. The van der Waals surface area contributed by atoms with Gasteiger partial charge < -0.3 is 16.2 Å². The van der Waals surface area contributed by atoms with E-state index in [0.717, 1.165) is 19.3 Å². The first-order chi connectivity index (χ1) is 8.81. The maximum Gasteiger partial charge on any atom is 0.337 e. The molecule has 104 valence electrons. The molecular formula is C14H19ClN2O2. The van der Waals surface area contributed by atoms with Crippen LogP contribution in [0.25, 0.3) is 0 Å². The number of nitrogens with one attached hydrogen (secondary N) is 1. The van der Waals surface area contributed by atoms with E-state index in [-0.39, 0.29) is 17.0 Å². The first-order valence-corrected chi connectivity index (χ1v) is 6.78. The number of halogens is 1. The molecule has 1 saturated carbocycles. The van der Waals surface area contributed by atoms with E-state index in [9.17, 15) is 9.90 Å². The van der Waals surface area contributed by atoms with Crippen molar-refractivity contribution in [3.05, 3.63) is 22.7 Å². The van der Waals surface area contributed by atoms with Gasteiger partial charge in [-0.05, 0) is 30.4 Å². The van der Waals surface area contributed by atoms with E-state index in [4.69, 9.17) is 17.3 Å². The Bertz CT molecular complexity index is 514. The van der Waals surface area contributed by atoms with Crippen molar-refractivity contribution in [1.82, 2.24) is 0 Å². The van der Waals surface area contributed by atoms with Crippen LogP contribution < -0.4 is 11.1 Å². The Hall–Kier alpha value is -1.42. The van der Waals surface area contributed by atoms with Gasteiger partial charge in [-0.3, -0.25) is 0 Å². The second-order valence-corrected chi connectivity index (χ2v) is 6.22. The molecule has 19 heavy (non-hydrogen) atoms. The van der Waals surface area contributed by atoms with Crippen molar-refractivity contribution in [2.45, 2.75) is 39.2 Å². The fourth-order valence-electron chi connectivity index (χ4n) is 2.71. The molecule has 1 atom stereocenters. The lowest BCUT2D eigenvalue weighted by molar-refractivity contribution is 0.0698. The van der Waals surface area contributed by atoms with Gasteiger partial charge in [-0.2, -0.15) is 0 Å². The minimum atomic E-state index is -1.02. The molecule has 0 heterocycles. The summed E-state index contributed by atoms with van der Waals surface area (Å²) in [5.74, 6) is -1.02. The van der Waals surface area contributed by atoms with Gasteiger partial charge in [0, 0.05) is 11.7 Å². The molecule has 0 bridgehead atoms. The quantitative estimate of drug-likeness (QED) is 0.740. The zero-order chi connectivity index (χ0) is 14.2. The van der Waals surface area contributed by atoms with Gasteiger partial charge in [0.2, 0.25) is 0 Å². The van der Waals surface area contributed by atoms with Crippen LogP contribution in [0.2, 0.25) is 5.02 Å². The van der Waals surface area contributed by atoms with Crippen LogP contribution >= 0.6 is 11.6 Å². The van der Waals surface area contributed by atoms with Crippen LogP contribution in [-0.4, -0.2) is 17.1 Å². The number of carbonyl (C=O) groups is 1. The van der Waals surface area contributed by atoms with Crippen LogP contribution in [-0.2, 0) is 0 Å². The Morgan fingerprint density at radius 2 is 2.21 bits per heavy atom. The van der Waals surface area contributed by atoms with Crippen molar-refractivity contribution in [2.24, 2.45) is 5.41 Å². The van der Waals surface area contributed by atoms with E-state index in [0.29, 0.717) is 16.4 Å². The Morgan fingerprint density at radius 3 is 2.74 bits per heavy atom.